The highest BCUT2D eigenvalue weighted by atomic mass is 79.9. The van der Waals surface area contributed by atoms with Crippen LogP contribution in [0.3, 0.4) is 0 Å². The number of carbonyl (C=O) groups is 3. The maximum atomic E-state index is 15.0. The lowest BCUT2D eigenvalue weighted by Crippen LogP contribution is -2.56. The monoisotopic (exact) mass is 731 g/mol. The minimum absolute atomic E-state index is 0.00506. The maximum Gasteiger partial charge on any atom is 0.251 e. The predicted molar refractivity (Wildman–Crippen MR) is 197 cm³/mol. The Morgan fingerprint density at radius 3 is 2.33 bits per heavy atom. The molecular formula is C38H42BrN3O5S. The average molecular weight is 733 g/mol. The third kappa shape index (κ3) is 5.96. The zero-order valence-electron chi connectivity index (χ0n) is 27.2. The van der Waals surface area contributed by atoms with Gasteiger partial charge in [-0.25, -0.2) is 0 Å². The Kier molecular flexibility index (Phi) is 10.3. The van der Waals surface area contributed by atoms with Gasteiger partial charge in [0.1, 0.15) is 11.8 Å². The molecule has 0 aliphatic carbocycles. The minimum atomic E-state index is -0.804. The van der Waals surface area contributed by atoms with E-state index in [0.29, 0.717) is 43.9 Å². The van der Waals surface area contributed by atoms with Gasteiger partial charge in [-0.05, 0) is 73.4 Å². The fourth-order valence-corrected chi connectivity index (χ4v) is 11.4. The number of anilines is 2. The SMILES string of the molecule is C=CCN(C(=O)C1N(CCCCO)C(=O)[C@@H]2[C@@H](C(=O)N(CC=C)c3ccc(OCC)cc3)[C@@H]3SC12CC3Br)c1ccc2ccccc2c1. The average Bonchev–Trinajstić information content (AvgIpc) is 3.69. The maximum absolute atomic E-state index is 15.0. The molecule has 3 fully saturated rings. The second kappa shape index (κ2) is 14.5. The van der Waals surface area contributed by atoms with Crippen molar-refractivity contribution in [1.82, 2.24) is 4.90 Å². The normalized spacial score (nSPS) is 25.6. The van der Waals surface area contributed by atoms with Gasteiger partial charge < -0.3 is 24.5 Å². The van der Waals surface area contributed by atoms with Crippen molar-refractivity contribution in [2.45, 2.75) is 47.1 Å². The molecule has 0 aromatic heterocycles. The number of likely N-dealkylation sites (tertiary alicyclic amines) is 1. The molecule has 0 saturated carbocycles. The quantitative estimate of drug-likeness (QED) is 0.121. The summed E-state index contributed by atoms with van der Waals surface area (Å²) in [7, 11) is 0. The van der Waals surface area contributed by atoms with Crippen LogP contribution in [0.4, 0.5) is 11.4 Å². The van der Waals surface area contributed by atoms with Crippen molar-refractivity contribution in [3.63, 3.8) is 0 Å². The van der Waals surface area contributed by atoms with E-state index in [-0.39, 0.29) is 47.5 Å². The van der Waals surface area contributed by atoms with Crippen LogP contribution in [0, 0.1) is 11.8 Å². The van der Waals surface area contributed by atoms with E-state index in [0.717, 1.165) is 16.5 Å². The molecule has 3 amide bonds. The first-order valence-corrected chi connectivity index (χ1v) is 18.4. The third-order valence-electron chi connectivity index (χ3n) is 9.77. The Morgan fingerprint density at radius 1 is 1.00 bits per heavy atom. The van der Waals surface area contributed by atoms with Crippen molar-refractivity contribution in [2.75, 3.05) is 42.6 Å². The summed E-state index contributed by atoms with van der Waals surface area (Å²) >= 11 is 5.52. The number of alkyl halides is 1. The Labute approximate surface area is 294 Å². The van der Waals surface area contributed by atoms with Gasteiger partial charge in [0, 0.05) is 47.7 Å². The van der Waals surface area contributed by atoms with Crippen molar-refractivity contribution >= 4 is 67.6 Å². The van der Waals surface area contributed by atoms with Gasteiger partial charge in [0.15, 0.2) is 0 Å². The molecule has 3 heterocycles. The number of halogens is 1. The molecule has 252 valence electrons. The molecule has 3 aromatic carbocycles. The number of amides is 3. The van der Waals surface area contributed by atoms with Gasteiger partial charge in [-0.15, -0.1) is 24.9 Å². The van der Waals surface area contributed by atoms with Gasteiger partial charge in [0.05, 0.1) is 23.2 Å². The Hall–Kier alpha value is -3.60. The summed E-state index contributed by atoms with van der Waals surface area (Å²) in [5.74, 6) is -1.10. The van der Waals surface area contributed by atoms with E-state index in [4.69, 9.17) is 4.74 Å². The van der Waals surface area contributed by atoms with Crippen LogP contribution in [0.25, 0.3) is 10.8 Å². The van der Waals surface area contributed by atoms with Crippen LogP contribution in [-0.2, 0) is 14.4 Å². The van der Waals surface area contributed by atoms with Gasteiger partial charge in [-0.1, -0.05) is 58.4 Å². The Balaban J connectivity index is 1.40. The summed E-state index contributed by atoms with van der Waals surface area (Å²) in [6.45, 7) is 11.2. The summed E-state index contributed by atoms with van der Waals surface area (Å²) in [5, 5.41) is 11.5. The lowest BCUT2D eigenvalue weighted by Gasteiger charge is -2.38. The summed E-state index contributed by atoms with van der Waals surface area (Å²) in [6, 6.07) is 20.6. The van der Waals surface area contributed by atoms with E-state index in [1.807, 2.05) is 73.7 Å². The first-order chi connectivity index (χ1) is 23.3. The Bertz CT molecular complexity index is 1700. The molecular weight excluding hydrogens is 690 g/mol. The molecule has 48 heavy (non-hydrogen) atoms. The highest BCUT2D eigenvalue weighted by Crippen LogP contribution is 2.68. The van der Waals surface area contributed by atoms with Crippen LogP contribution in [0.15, 0.2) is 92.0 Å². The second-order valence-corrected chi connectivity index (χ2v) is 15.3. The molecule has 3 aliphatic heterocycles. The molecule has 3 unspecified atom stereocenters. The Morgan fingerprint density at radius 2 is 1.67 bits per heavy atom. The fraction of sp³-hybridized carbons (Fsp3) is 0.395. The number of aliphatic hydroxyl groups excluding tert-OH is 1. The summed E-state index contributed by atoms with van der Waals surface area (Å²) in [5.41, 5.74) is 1.43. The van der Waals surface area contributed by atoms with E-state index >= 15 is 0 Å². The van der Waals surface area contributed by atoms with E-state index in [1.165, 1.54) is 0 Å². The van der Waals surface area contributed by atoms with Crippen molar-refractivity contribution in [3.8, 4) is 5.75 Å². The molecule has 1 N–H and O–H groups in total. The topological polar surface area (TPSA) is 90.4 Å². The second-order valence-electron chi connectivity index (χ2n) is 12.6. The third-order valence-corrected chi connectivity index (χ3v) is 13.0. The zero-order chi connectivity index (χ0) is 34.0. The summed E-state index contributed by atoms with van der Waals surface area (Å²) < 4.78 is 4.82. The number of thioether (sulfide) groups is 1. The first kappa shape index (κ1) is 34.3. The molecule has 6 atom stereocenters. The van der Waals surface area contributed by atoms with Crippen LogP contribution >= 0.6 is 27.7 Å². The van der Waals surface area contributed by atoms with Gasteiger partial charge >= 0.3 is 0 Å². The molecule has 6 rings (SSSR count). The molecule has 3 aliphatic rings. The van der Waals surface area contributed by atoms with Crippen LogP contribution < -0.4 is 14.5 Å². The first-order valence-electron chi connectivity index (χ1n) is 16.6. The van der Waals surface area contributed by atoms with Crippen molar-refractivity contribution in [3.05, 3.63) is 92.0 Å². The lowest BCUT2D eigenvalue weighted by atomic mass is 9.70. The highest BCUT2D eigenvalue weighted by molar-refractivity contribution is 9.09. The van der Waals surface area contributed by atoms with E-state index in [1.54, 1.807) is 38.6 Å². The fourth-order valence-electron chi connectivity index (χ4n) is 7.79. The van der Waals surface area contributed by atoms with E-state index in [2.05, 4.69) is 29.1 Å². The van der Waals surface area contributed by atoms with Gasteiger partial charge in [0.25, 0.3) is 5.91 Å². The standard InChI is InChI=1S/C38H42BrN3O5S/c1-4-19-40(27-15-17-29(18-16-27)47-6-3)35(44)31-32-36(45)42(21-9-10-22-43)34(38(32)24-30(39)33(31)48-38)37(46)41(20-5-2)28-14-13-25-11-7-8-12-26(25)23-28/h4-5,7-8,11-18,23,30-34,43H,1-2,6,9-10,19-22,24H2,3H3/t30?,31-,32+,33-,34?,38?/m1/s1. The number of hydrogen-bond acceptors (Lipinski definition) is 6. The van der Waals surface area contributed by atoms with Crippen LogP contribution in [0.2, 0.25) is 0 Å². The number of rotatable bonds is 14. The minimum Gasteiger partial charge on any atom is -0.494 e. The number of carbonyl (C=O) groups excluding carboxylic acids is 3. The largest absolute Gasteiger partial charge is 0.494 e. The van der Waals surface area contributed by atoms with Crippen LogP contribution in [0.1, 0.15) is 26.2 Å². The molecule has 3 saturated heterocycles. The number of benzene rings is 3. The number of hydrogen-bond donors (Lipinski definition) is 1. The molecule has 0 radical (unpaired) electrons. The van der Waals surface area contributed by atoms with Crippen LogP contribution in [0.5, 0.6) is 5.75 Å². The molecule has 1 spiro atoms. The number of aliphatic hydroxyl groups is 1. The van der Waals surface area contributed by atoms with E-state index in [9.17, 15) is 19.5 Å². The summed E-state index contributed by atoms with van der Waals surface area (Å²) in [4.78, 5) is 49.4. The van der Waals surface area contributed by atoms with Crippen LogP contribution in [-0.4, -0.2) is 81.4 Å². The molecule has 8 nitrogen and oxygen atoms in total. The van der Waals surface area contributed by atoms with Crippen molar-refractivity contribution in [2.24, 2.45) is 11.8 Å². The smallest absolute Gasteiger partial charge is 0.251 e. The molecule has 10 heteroatoms. The molecule has 3 aromatic rings. The number of nitrogens with zero attached hydrogens (tertiary/aromatic N) is 3. The number of unbranched alkanes of at least 4 members (excludes halogenated alkanes) is 1. The zero-order valence-corrected chi connectivity index (χ0v) is 29.6. The van der Waals surface area contributed by atoms with Gasteiger partial charge in [-0.3, -0.25) is 14.4 Å². The molecule has 2 bridgehead atoms. The lowest BCUT2D eigenvalue weighted by molar-refractivity contribution is -0.139. The highest BCUT2D eigenvalue weighted by Gasteiger charge is 2.76. The summed E-state index contributed by atoms with van der Waals surface area (Å²) in [6.07, 6.45) is 5.04. The van der Waals surface area contributed by atoms with Gasteiger partial charge in [-0.2, -0.15) is 0 Å². The predicted octanol–water partition coefficient (Wildman–Crippen LogP) is 6.21. The number of fused-ring (bicyclic) bond motifs is 2. The van der Waals surface area contributed by atoms with Crippen molar-refractivity contribution < 1.29 is 24.2 Å². The number of ether oxygens (including phenoxy) is 1. The van der Waals surface area contributed by atoms with Gasteiger partial charge in [0.2, 0.25) is 11.8 Å². The van der Waals surface area contributed by atoms with Crippen molar-refractivity contribution in [1.29, 1.82) is 0 Å². The van der Waals surface area contributed by atoms with E-state index < -0.39 is 22.6 Å².